The summed E-state index contributed by atoms with van der Waals surface area (Å²) in [5, 5.41) is 17.9. The highest BCUT2D eigenvalue weighted by molar-refractivity contribution is 9.10. The number of rotatable bonds is 4. The first-order valence-electron chi connectivity index (χ1n) is 4.84. The van der Waals surface area contributed by atoms with Gasteiger partial charge in [0.1, 0.15) is 5.75 Å². The van der Waals surface area contributed by atoms with Crippen LogP contribution in [0.15, 0.2) is 24.3 Å². The van der Waals surface area contributed by atoms with E-state index >= 15 is 0 Å². The molecule has 0 aromatic heterocycles. The summed E-state index contributed by atoms with van der Waals surface area (Å²) in [7, 11) is 0. The maximum atomic E-state index is 11.8. The van der Waals surface area contributed by atoms with Gasteiger partial charge in [0.25, 0.3) is 0 Å². The van der Waals surface area contributed by atoms with Crippen molar-refractivity contribution in [1.82, 2.24) is 0 Å². The van der Waals surface area contributed by atoms with E-state index in [4.69, 9.17) is 5.11 Å². The molecule has 0 saturated carbocycles. The molecule has 1 atom stereocenters. The average Bonchev–Trinajstić information content (AvgIpc) is 2.26. The van der Waals surface area contributed by atoms with Gasteiger partial charge in [0, 0.05) is 11.6 Å². The van der Waals surface area contributed by atoms with E-state index in [1.54, 1.807) is 6.92 Å². The minimum Gasteiger partial charge on any atom is -0.508 e. The van der Waals surface area contributed by atoms with Crippen molar-refractivity contribution in [2.45, 2.75) is 11.8 Å². The molecule has 0 heterocycles. The summed E-state index contributed by atoms with van der Waals surface area (Å²) in [6.07, 6.45) is 2.27. The van der Waals surface area contributed by atoms with Crippen LogP contribution in [0.3, 0.4) is 0 Å². The molecule has 4 nitrogen and oxygen atoms in total. The zero-order chi connectivity index (χ0) is 13.0. The number of phenolic OH excluding ortho intramolecular Hbond substituents is 1. The first kappa shape index (κ1) is 13.4. The molecule has 0 spiro atoms. The molecule has 0 aliphatic rings. The lowest BCUT2D eigenvalue weighted by Gasteiger charge is -2.07. The first-order chi connectivity index (χ1) is 7.91. The van der Waals surface area contributed by atoms with Gasteiger partial charge in [-0.2, -0.15) is 0 Å². The summed E-state index contributed by atoms with van der Waals surface area (Å²) in [4.78, 5) is 21.8. The van der Waals surface area contributed by atoms with Crippen LogP contribution >= 0.6 is 15.9 Å². The van der Waals surface area contributed by atoms with Crippen molar-refractivity contribution < 1.29 is 19.8 Å². The molecular formula is C12H11BrO4. The van der Waals surface area contributed by atoms with Crippen molar-refractivity contribution in [3.63, 3.8) is 0 Å². The lowest BCUT2D eigenvalue weighted by molar-refractivity contribution is -0.131. The van der Waals surface area contributed by atoms with E-state index in [1.807, 2.05) is 0 Å². The van der Waals surface area contributed by atoms with E-state index in [1.165, 1.54) is 24.3 Å². The third kappa shape index (κ3) is 3.71. The van der Waals surface area contributed by atoms with Crippen LogP contribution in [0.1, 0.15) is 22.8 Å². The molecule has 0 radical (unpaired) electrons. The molecular weight excluding hydrogens is 288 g/mol. The lowest BCUT2D eigenvalue weighted by Crippen LogP contribution is -2.11. The number of ketones is 1. The van der Waals surface area contributed by atoms with E-state index in [9.17, 15) is 14.7 Å². The second-order valence-corrected chi connectivity index (χ2v) is 4.80. The monoisotopic (exact) mass is 298 g/mol. The molecule has 0 bridgehead atoms. The Kier molecular flexibility index (Phi) is 4.45. The molecule has 0 saturated heterocycles. The number of benzene rings is 1. The minimum absolute atomic E-state index is 0.0334. The highest BCUT2D eigenvalue weighted by Gasteiger charge is 2.15. The largest absolute Gasteiger partial charge is 0.508 e. The summed E-state index contributed by atoms with van der Waals surface area (Å²) in [5.41, 5.74) is 0.744. The molecule has 2 N–H and O–H groups in total. The van der Waals surface area contributed by atoms with Gasteiger partial charge in [-0.05, 0) is 30.7 Å². The van der Waals surface area contributed by atoms with Crippen LogP contribution < -0.4 is 0 Å². The number of carboxylic acids is 1. The number of aromatic hydroxyl groups is 1. The molecule has 0 aliphatic carbocycles. The Hall–Kier alpha value is -1.62. The van der Waals surface area contributed by atoms with E-state index in [0.29, 0.717) is 5.56 Å². The van der Waals surface area contributed by atoms with Gasteiger partial charge in [-0.1, -0.05) is 22.0 Å². The maximum Gasteiger partial charge on any atom is 0.328 e. The lowest BCUT2D eigenvalue weighted by atomic mass is 10.0. The average molecular weight is 299 g/mol. The van der Waals surface area contributed by atoms with Crippen LogP contribution in [-0.4, -0.2) is 26.8 Å². The van der Waals surface area contributed by atoms with Crippen LogP contribution in [0, 0.1) is 0 Å². The van der Waals surface area contributed by atoms with Gasteiger partial charge in [0.05, 0.1) is 4.83 Å². The van der Waals surface area contributed by atoms with Gasteiger partial charge in [0.2, 0.25) is 0 Å². The summed E-state index contributed by atoms with van der Waals surface area (Å²) in [6, 6.07) is 4.22. The van der Waals surface area contributed by atoms with Crippen LogP contribution in [0.2, 0.25) is 0 Å². The van der Waals surface area contributed by atoms with Crippen molar-refractivity contribution in [3.05, 3.63) is 35.4 Å². The normalized spacial score (nSPS) is 12.6. The van der Waals surface area contributed by atoms with Gasteiger partial charge < -0.3 is 10.2 Å². The Bertz CT molecular complexity index is 477. The maximum absolute atomic E-state index is 11.8. The molecule has 1 unspecified atom stereocenters. The molecule has 5 heteroatoms. The van der Waals surface area contributed by atoms with E-state index < -0.39 is 10.8 Å². The third-order valence-electron chi connectivity index (χ3n) is 2.07. The fourth-order valence-corrected chi connectivity index (χ4v) is 1.52. The minimum atomic E-state index is -1.09. The second kappa shape index (κ2) is 5.63. The van der Waals surface area contributed by atoms with Crippen LogP contribution in [-0.2, 0) is 4.79 Å². The Morgan fingerprint density at radius 1 is 1.41 bits per heavy atom. The quantitative estimate of drug-likeness (QED) is 0.509. The number of hydrogen-bond acceptors (Lipinski definition) is 3. The number of halogens is 1. The number of carbonyl (C=O) groups is 2. The molecule has 1 rings (SSSR count). The predicted octanol–water partition coefficient (Wildman–Crippen LogP) is 2.46. The highest BCUT2D eigenvalue weighted by Crippen LogP contribution is 2.21. The van der Waals surface area contributed by atoms with E-state index in [0.717, 1.165) is 6.08 Å². The molecule has 1 aromatic rings. The summed E-state index contributed by atoms with van der Waals surface area (Å²) in [5.74, 6) is -1.34. The SMILES string of the molecule is CC(Br)C(=O)c1cc(O)ccc1C=CC(=O)O. The Balaban J connectivity index is 3.21. The Morgan fingerprint density at radius 3 is 2.59 bits per heavy atom. The molecule has 0 fully saturated rings. The summed E-state index contributed by atoms with van der Waals surface area (Å²) in [6.45, 7) is 1.66. The van der Waals surface area contributed by atoms with Crippen molar-refractivity contribution in [1.29, 1.82) is 0 Å². The molecule has 0 amide bonds. The van der Waals surface area contributed by atoms with Crippen molar-refractivity contribution in [3.8, 4) is 5.75 Å². The number of Topliss-reactive ketones (excluding diaryl/α,β-unsaturated/α-hetero) is 1. The fourth-order valence-electron chi connectivity index (χ4n) is 1.28. The van der Waals surface area contributed by atoms with E-state index in [2.05, 4.69) is 15.9 Å². The third-order valence-corrected chi connectivity index (χ3v) is 2.48. The molecule has 17 heavy (non-hydrogen) atoms. The van der Waals surface area contributed by atoms with Crippen molar-refractivity contribution in [2.75, 3.05) is 0 Å². The summed E-state index contributed by atoms with van der Waals surface area (Å²) < 4.78 is 0. The number of phenols is 1. The van der Waals surface area contributed by atoms with Gasteiger partial charge in [0.15, 0.2) is 5.78 Å². The van der Waals surface area contributed by atoms with Gasteiger partial charge >= 0.3 is 5.97 Å². The summed E-state index contributed by atoms with van der Waals surface area (Å²) >= 11 is 3.14. The van der Waals surface area contributed by atoms with Crippen molar-refractivity contribution in [2.24, 2.45) is 0 Å². The molecule has 0 aliphatic heterocycles. The van der Waals surface area contributed by atoms with Gasteiger partial charge in [-0.25, -0.2) is 4.79 Å². The zero-order valence-electron chi connectivity index (χ0n) is 9.05. The predicted molar refractivity (Wildman–Crippen MR) is 67.5 cm³/mol. The smallest absolute Gasteiger partial charge is 0.328 e. The standard InChI is InChI=1S/C12H11BrO4/c1-7(13)12(17)10-6-9(14)4-2-8(10)3-5-11(15)16/h2-7,14H,1H3,(H,15,16). The number of aliphatic carboxylic acids is 1. The van der Waals surface area contributed by atoms with Crippen LogP contribution in [0.4, 0.5) is 0 Å². The molecule has 1 aromatic carbocycles. The first-order valence-corrected chi connectivity index (χ1v) is 5.75. The highest BCUT2D eigenvalue weighted by atomic mass is 79.9. The number of hydrogen-bond donors (Lipinski definition) is 2. The number of alkyl halides is 1. The Labute approximate surface area is 107 Å². The van der Waals surface area contributed by atoms with Crippen LogP contribution in [0.25, 0.3) is 6.08 Å². The van der Waals surface area contributed by atoms with Crippen LogP contribution in [0.5, 0.6) is 5.75 Å². The fraction of sp³-hybridized carbons (Fsp3) is 0.167. The zero-order valence-corrected chi connectivity index (χ0v) is 10.6. The number of carboxylic acid groups (broad SMARTS) is 1. The van der Waals surface area contributed by atoms with Crippen molar-refractivity contribution >= 4 is 33.8 Å². The topological polar surface area (TPSA) is 74.6 Å². The van der Waals surface area contributed by atoms with Gasteiger partial charge in [-0.15, -0.1) is 0 Å². The van der Waals surface area contributed by atoms with Gasteiger partial charge in [-0.3, -0.25) is 4.79 Å². The Morgan fingerprint density at radius 2 is 2.06 bits per heavy atom. The molecule has 90 valence electrons. The number of carbonyl (C=O) groups excluding carboxylic acids is 1. The second-order valence-electron chi connectivity index (χ2n) is 3.42. The van der Waals surface area contributed by atoms with E-state index in [-0.39, 0.29) is 17.1 Å².